The second-order valence-electron chi connectivity index (χ2n) is 5.91. The number of hydrogen-bond acceptors (Lipinski definition) is 6. The molecule has 0 saturated carbocycles. The molecule has 0 aliphatic carbocycles. The summed E-state index contributed by atoms with van der Waals surface area (Å²) in [5, 5.41) is 2.89. The minimum atomic E-state index is -0.929. The molecule has 9 heteroatoms. The molecular weight excluding hydrogens is 328 g/mol. The number of primary amides is 1. The molecule has 3 N–H and O–H groups in total. The molecular formula is C16H20N4O5. The smallest absolute Gasteiger partial charge is 0.366 e. The van der Waals surface area contributed by atoms with Gasteiger partial charge in [0.25, 0.3) is 11.8 Å². The van der Waals surface area contributed by atoms with Gasteiger partial charge in [0.15, 0.2) is 0 Å². The predicted octanol–water partition coefficient (Wildman–Crippen LogP) is 0.137. The van der Waals surface area contributed by atoms with Gasteiger partial charge in [-0.25, -0.2) is 4.79 Å². The Kier molecular flexibility index (Phi) is 5.71. The van der Waals surface area contributed by atoms with Crippen LogP contribution in [0, 0.1) is 0 Å². The first-order valence-electron chi connectivity index (χ1n) is 7.66. The molecule has 2 rings (SSSR count). The largest absolute Gasteiger partial charge is 0.432 e. The number of hydrogen-bond donors (Lipinski definition) is 2. The molecule has 1 fully saturated rings. The minimum Gasteiger partial charge on any atom is -0.366 e. The Bertz CT molecular complexity index is 700. The van der Waals surface area contributed by atoms with E-state index in [-0.39, 0.29) is 19.4 Å². The highest BCUT2D eigenvalue weighted by molar-refractivity contribution is 6.01. The van der Waals surface area contributed by atoms with Crippen LogP contribution in [-0.2, 0) is 27.5 Å². The number of carbonyl (C=O) groups excluding carboxylic acids is 4. The van der Waals surface area contributed by atoms with Crippen LogP contribution in [0.1, 0.15) is 34.3 Å². The van der Waals surface area contributed by atoms with E-state index >= 15 is 0 Å². The van der Waals surface area contributed by atoms with E-state index in [2.05, 4.69) is 5.32 Å². The average molecular weight is 348 g/mol. The fraction of sp³-hybridized carbons (Fsp3) is 0.375. The van der Waals surface area contributed by atoms with Crippen molar-refractivity contribution in [3.8, 4) is 0 Å². The molecule has 0 radical (unpaired) electrons. The monoisotopic (exact) mass is 348 g/mol. The Morgan fingerprint density at radius 1 is 1.24 bits per heavy atom. The molecule has 1 heterocycles. The first-order valence-corrected chi connectivity index (χ1v) is 7.66. The second kappa shape index (κ2) is 7.75. The number of amides is 4. The average Bonchev–Trinajstić information content (AvgIpc) is 2.85. The van der Waals surface area contributed by atoms with Crippen molar-refractivity contribution < 1.29 is 24.0 Å². The van der Waals surface area contributed by atoms with E-state index < -0.39 is 23.8 Å². The second-order valence-corrected chi connectivity index (χ2v) is 5.91. The standard InChI is InChI=1S/C16H20N4O5/c1-19(2)9-11-4-3-10(7-12(11)15(17)23)8-18-16(24)25-20-13(21)5-6-14(20)22/h3-4,7H,5-6,8-9H2,1-2H3,(H2,17,23)(H,18,24). The van der Waals surface area contributed by atoms with E-state index in [0.29, 0.717) is 22.7 Å². The van der Waals surface area contributed by atoms with Gasteiger partial charge >= 0.3 is 6.09 Å². The van der Waals surface area contributed by atoms with Crippen molar-refractivity contribution in [2.24, 2.45) is 5.73 Å². The Hall–Kier alpha value is -2.94. The van der Waals surface area contributed by atoms with Crippen LogP contribution in [0.5, 0.6) is 0 Å². The molecule has 1 aromatic carbocycles. The zero-order valence-electron chi connectivity index (χ0n) is 14.1. The summed E-state index contributed by atoms with van der Waals surface area (Å²) in [6, 6.07) is 5.10. The lowest BCUT2D eigenvalue weighted by Gasteiger charge is -2.15. The third-order valence-electron chi connectivity index (χ3n) is 3.54. The van der Waals surface area contributed by atoms with E-state index in [9.17, 15) is 19.2 Å². The number of carbonyl (C=O) groups is 4. The molecule has 0 spiro atoms. The lowest BCUT2D eigenvalue weighted by atomic mass is 10.0. The van der Waals surface area contributed by atoms with Crippen molar-refractivity contribution in [1.29, 1.82) is 0 Å². The van der Waals surface area contributed by atoms with Crippen LogP contribution >= 0.6 is 0 Å². The number of benzene rings is 1. The van der Waals surface area contributed by atoms with Crippen LogP contribution in [0.3, 0.4) is 0 Å². The van der Waals surface area contributed by atoms with Gasteiger partial charge in [0, 0.05) is 31.5 Å². The third kappa shape index (κ3) is 4.77. The fourth-order valence-corrected chi connectivity index (χ4v) is 2.39. The summed E-state index contributed by atoms with van der Waals surface area (Å²) in [4.78, 5) is 52.7. The maximum absolute atomic E-state index is 11.7. The molecule has 1 aliphatic heterocycles. The number of nitrogens with two attached hydrogens (primary N) is 1. The maximum atomic E-state index is 11.7. The van der Waals surface area contributed by atoms with Crippen LogP contribution in [0.15, 0.2) is 18.2 Å². The summed E-state index contributed by atoms with van der Waals surface area (Å²) in [5.74, 6) is -1.66. The summed E-state index contributed by atoms with van der Waals surface area (Å²) in [7, 11) is 3.74. The molecule has 0 unspecified atom stereocenters. The quantitative estimate of drug-likeness (QED) is 0.705. The van der Waals surface area contributed by atoms with Gasteiger partial charge in [-0.2, -0.15) is 0 Å². The summed E-state index contributed by atoms with van der Waals surface area (Å²) < 4.78 is 0. The van der Waals surface area contributed by atoms with Crippen LogP contribution in [0.4, 0.5) is 4.79 Å². The Morgan fingerprint density at radius 2 is 1.88 bits per heavy atom. The van der Waals surface area contributed by atoms with Crippen LogP contribution in [-0.4, -0.2) is 47.9 Å². The number of nitrogens with one attached hydrogen (secondary N) is 1. The van der Waals surface area contributed by atoms with E-state index in [1.165, 1.54) is 0 Å². The van der Waals surface area contributed by atoms with Gasteiger partial charge in [-0.1, -0.05) is 12.1 Å². The van der Waals surface area contributed by atoms with Gasteiger partial charge in [-0.3, -0.25) is 14.4 Å². The third-order valence-corrected chi connectivity index (χ3v) is 3.54. The lowest BCUT2D eigenvalue weighted by Crippen LogP contribution is -2.36. The molecule has 4 amide bonds. The number of nitrogens with zero attached hydrogens (tertiary/aromatic N) is 2. The molecule has 1 saturated heterocycles. The Morgan fingerprint density at radius 3 is 2.44 bits per heavy atom. The molecule has 0 atom stereocenters. The molecule has 0 bridgehead atoms. The zero-order chi connectivity index (χ0) is 18.6. The normalized spacial score (nSPS) is 14.1. The topological polar surface area (TPSA) is 122 Å². The van der Waals surface area contributed by atoms with E-state index in [1.54, 1.807) is 18.2 Å². The SMILES string of the molecule is CN(C)Cc1ccc(CNC(=O)ON2C(=O)CCC2=O)cc1C(N)=O. The predicted molar refractivity (Wildman–Crippen MR) is 86.8 cm³/mol. The van der Waals surface area contributed by atoms with E-state index in [4.69, 9.17) is 10.6 Å². The first-order chi connectivity index (χ1) is 11.8. The summed E-state index contributed by atoms with van der Waals surface area (Å²) in [5.41, 5.74) is 7.18. The molecule has 0 aromatic heterocycles. The summed E-state index contributed by atoms with van der Waals surface area (Å²) in [6.07, 6.45) is -0.871. The maximum Gasteiger partial charge on any atom is 0.432 e. The van der Waals surface area contributed by atoms with Gasteiger partial charge in [-0.05, 0) is 31.3 Å². The van der Waals surface area contributed by atoms with Gasteiger partial charge < -0.3 is 20.8 Å². The van der Waals surface area contributed by atoms with E-state index in [1.807, 2.05) is 19.0 Å². The first kappa shape index (κ1) is 18.4. The summed E-state index contributed by atoms with van der Waals surface area (Å²) in [6.45, 7) is 0.602. The summed E-state index contributed by atoms with van der Waals surface area (Å²) >= 11 is 0. The van der Waals surface area contributed by atoms with Crippen molar-refractivity contribution in [2.45, 2.75) is 25.9 Å². The van der Waals surface area contributed by atoms with Crippen LogP contribution < -0.4 is 11.1 Å². The number of hydroxylamine groups is 2. The van der Waals surface area contributed by atoms with Crippen LogP contribution in [0.25, 0.3) is 0 Å². The molecule has 1 aliphatic rings. The minimum absolute atomic E-state index is 0.0292. The van der Waals surface area contributed by atoms with Crippen molar-refractivity contribution in [1.82, 2.24) is 15.3 Å². The van der Waals surface area contributed by atoms with Crippen molar-refractivity contribution in [2.75, 3.05) is 14.1 Å². The highest BCUT2D eigenvalue weighted by Gasteiger charge is 2.32. The molecule has 9 nitrogen and oxygen atoms in total. The Balaban J connectivity index is 1.99. The highest BCUT2D eigenvalue weighted by atomic mass is 16.7. The molecule has 1 aromatic rings. The van der Waals surface area contributed by atoms with Crippen molar-refractivity contribution in [3.05, 3.63) is 34.9 Å². The Labute approximate surface area is 144 Å². The van der Waals surface area contributed by atoms with Crippen molar-refractivity contribution in [3.63, 3.8) is 0 Å². The zero-order valence-corrected chi connectivity index (χ0v) is 14.1. The fourth-order valence-electron chi connectivity index (χ4n) is 2.39. The van der Waals surface area contributed by atoms with Gasteiger partial charge in [0.05, 0.1) is 0 Å². The number of imide groups is 1. The lowest BCUT2D eigenvalue weighted by molar-refractivity contribution is -0.171. The van der Waals surface area contributed by atoms with Crippen LogP contribution in [0.2, 0.25) is 0 Å². The van der Waals surface area contributed by atoms with Gasteiger partial charge in [0.2, 0.25) is 5.91 Å². The molecule has 25 heavy (non-hydrogen) atoms. The number of rotatable bonds is 6. The molecule has 134 valence electrons. The highest BCUT2D eigenvalue weighted by Crippen LogP contribution is 2.14. The van der Waals surface area contributed by atoms with Gasteiger partial charge in [-0.15, -0.1) is 5.06 Å². The van der Waals surface area contributed by atoms with E-state index in [0.717, 1.165) is 5.56 Å². The van der Waals surface area contributed by atoms with Gasteiger partial charge in [0.1, 0.15) is 0 Å². The van der Waals surface area contributed by atoms with Crippen molar-refractivity contribution >= 4 is 23.8 Å².